The number of aliphatic imine (C=N–C) groups is 1. The van der Waals surface area contributed by atoms with Crippen LogP contribution in [0.25, 0.3) is 0 Å². The number of hydrogen-bond donors (Lipinski definition) is 3. The fourth-order valence-electron chi connectivity index (χ4n) is 2.18. The maximum absolute atomic E-state index is 13.5. The number of nitrogens with one attached hydrogen (secondary N) is 2. The molecule has 0 aliphatic carbocycles. The van der Waals surface area contributed by atoms with E-state index in [0.717, 1.165) is 25.1 Å². The molecule has 7 heteroatoms. The first-order valence-corrected chi connectivity index (χ1v) is 8.65. The molecule has 0 fully saturated rings. The van der Waals surface area contributed by atoms with E-state index in [1.54, 1.807) is 12.3 Å². The highest BCUT2D eigenvalue weighted by Gasteiger charge is 2.10. The van der Waals surface area contributed by atoms with Gasteiger partial charge in [0.1, 0.15) is 11.6 Å². The zero-order valence-electron chi connectivity index (χ0n) is 14.1. The van der Waals surface area contributed by atoms with E-state index in [2.05, 4.69) is 22.5 Å². The van der Waals surface area contributed by atoms with Gasteiger partial charge in [-0.05, 0) is 36.2 Å². The van der Waals surface area contributed by atoms with Crippen LogP contribution >= 0.6 is 11.6 Å². The highest BCUT2D eigenvalue weighted by Crippen LogP contribution is 2.20. The van der Waals surface area contributed by atoms with Gasteiger partial charge in [-0.15, -0.1) is 0 Å². The number of guanidine groups is 1. The second kappa shape index (κ2) is 10.1. The maximum Gasteiger partial charge on any atom is 0.191 e. The summed E-state index contributed by atoms with van der Waals surface area (Å²) in [6, 6.07) is 8.01. The van der Waals surface area contributed by atoms with Gasteiger partial charge in [-0.25, -0.2) is 4.39 Å². The molecule has 1 aromatic carbocycles. The second-order valence-electron chi connectivity index (χ2n) is 5.56. The van der Waals surface area contributed by atoms with Crippen molar-refractivity contribution in [1.82, 2.24) is 10.6 Å². The summed E-state index contributed by atoms with van der Waals surface area (Å²) >= 11 is 5.66. The minimum atomic E-state index is -0.905. The van der Waals surface area contributed by atoms with Crippen LogP contribution < -0.4 is 10.6 Å². The molecule has 5 nitrogen and oxygen atoms in total. The molecule has 0 aliphatic rings. The largest absolute Gasteiger partial charge is 0.469 e. The Hall–Kier alpha value is -2.05. The van der Waals surface area contributed by atoms with E-state index in [9.17, 15) is 9.50 Å². The van der Waals surface area contributed by atoms with Gasteiger partial charge in [0, 0.05) is 19.5 Å². The maximum atomic E-state index is 13.5. The van der Waals surface area contributed by atoms with Crippen LogP contribution in [0.5, 0.6) is 0 Å². The summed E-state index contributed by atoms with van der Waals surface area (Å²) in [6.45, 7) is 3.58. The van der Waals surface area contributed by atoms with Crippen LogP contribution in [0, 0.1) is 5.82 Å². The quantitative estimate of drug-likeness (QED) is 0.494. The first kappa shape index (κ1) is 19.3. The van der Waals surface area contributed by atoms with Crippen LogP contribution in [0.3, 0.4) is 0 Å². The van der Waals surface area contributed by atoms with Crippen molar-refractivity contribution < 1.29 is 13.9 Å². The molecule has 136 valence electrons. The van der Waals surface area contributed by atoms with Crippen molar-refractivity contribution in [2.24, 2.45) is 4.99 Å². The van der Waals surface area contributed by atoms with Gasteiger partial charge in [-0.2, -0.15) is 0 Å². The Balaban J connectivity index is 1.91. The van der Waals surface area contributed by atoms with Crippen LogP contribution in [0.4, 0.5) is 4.39 Å². The lowest BCUT2D eigenvalue weighted by atomic mass is 10.1. The average Bonchev–Trinajstić information content (AvgIpc) is 3.12. The normalized spacial score (nSPS) is 12.9. The van der Waals surface area contributed by atoms with Crippen LogP contribution in [0.15, 0.2) is 46.0 Å². The molecular formula is C18H23ClFN3O2. The standard InChI is InChI=1S/C18H23ClFN3O2/c1-2-8-21-18(22-9-7-14-4-3-10-25-14)23-12-17(24)13-5-6-15(19)16(20)11-13/h3-6,10-11,17,24H,2,7-9,12H2,1H3,(H2,21,22,23). The molecule has 1 atom stereocenters. The van der Waals surface area contributed by atoms with Crippen molar-refractivity contribution in [3.63, 3.8) is 0 Å². The predicted molar refractivity (Wildman–Crippen MR) is 97.4 cm³/mol. The summed E-state index contributed by atoms with van der Waals surface area (Å²) in [5.41, 5.74) is 0.441. The van der Waals surface area contributed by atoms with E-state index >= 15 is 0 Å². The number of halogens is 2. The summed E-state index contributed by atoms with van der Waals surface area (Å²) in [6.07, 6.45) is 2.41. The molecule has 0 aliphatic heterocycles. The van der Waals surface area contributed by atoms with Gasteiger partial charge >= 0.3 is 0 Å². The van der Waals surface area contributed by atoms with Gasteiger partial charge in [0.05, 0.1) is 23.9 Å². The smallest absolute Gasteiger partial charge is 0.191 e. The van der Waals surface area contributed by atoms with Gasteiger partial charge in [0.15, 0.2) is 5.96 Å². The van der Waals surface area contributed by atoms with E-state index < -0.39 is 11.9 Å². The Bertz CT molecular complexity index is 677. The van der Waals surface area contributed by atoms with Gasteiger partial charge in [0.25, 0.3) is 0 Å². The van der Waals surface area contributed by atoms with E-state index in [1.165, 1.54) is 12.1 Å². The molecule has 2 aromatic rings. The summed E-state index contributed by atoms with van der Waals surface area (Å²) < 4.78 is 18.8. The number of benzene rings is 1. The topological polar surface area (TPSA) is 69.8 Å². The summed E-state index contributed by atoms with van der Waals surface area (Å²) in [5, 5.41) is 16.6. The minimum Gasteiger partial charge on any atom is -0.469 e. The SMILES string of the molecule is CCCNC(=NCC(O)c1ccc(Cl)c(F)c1)NCCc1ccco1. The lowest BCUT2D eigenvalue weighted by Crippen LogP contribution is -2.39. The zero-order chi connectivity index (χ0) is 18.1. The number of aliphatic hydroxyl groups excluding tert-OH is 1. The van der Waals surface area contributed by atoms with Gasteiger partial charge in [-0.3, -0.25) is 4.99 Å². The third kappa shape index (κ3) is 6.40. The van der Waals surface area contributed by atoms with Crippen molar-refractivity contribution in [1.29, 1.82) is 0 Å². The van der Waals surface area contributed by atoms with Gasteiger partial charge < -0.3 is 20.2 Å². The highest BCUT2D eigenvalue weighted by molar-refractivity contribution is 6.30. The third-order valence-electron chi connectivity index (χ3n) is 3.54. The predicted octanol–water partition coefficient (Wildman–Crippen LogP) is 3.29. The lowest BCUT2D eigenvalue weighted by molar-refractivity contribution is 0.186. The van der Waals surface area contributed by atoms with Crippen molar-refractivity contribution in [3.05, 3.63) is 58.8 Å². The van der Waals surface area contributed by atoms with E-state index in [4.69, 9.17) is 16.0 Å². The molecule has 1 aromatic heterocycles. The minimum absolute atomic E-state index is 0.0318. The molecule has 0 spiro atoms. The molecule has 0 amide bonds. The first-order valence-electron chi connectivity index (χ1n) is 8.27. The first-order chi connectivity index (χ1) is 12.1. The van der Waals surface area contributed by atoms with Crippen LogP contribution in [0.1, 0.15) is 30.8 Å². The molecule has 1 unspecified atom stereocenters. The summed E-state index contributed by atoms with van der Waals surface area (Å²) in [7, 11) is 0. The summed E-state index contributed by atoms with van der Waals surface area (Å²) in [4.78, 5) is 4.37. The average molecular weight is 368 g/mol. The zero-order valence-corrected chi connectivity index (χ0v) is 14.9. The van der Waals surface area contributed by atoms with Crippen LogP contribution in [-0.2, 0) is 6.42 Å². The Kier molecular flexibility index (Phi) is 7.76. The number of furan rings is 1. The molecule has 2 rings (SSSR count). The number of aliphatic hydroxyl groups is 1. The second-order valence-corrected chi connectivity index (χ2v) is 5.97. The monoisotopic (exact) mass is 367 g/mol. The molecule has 1 heterocycles. The van der Waals surface area contributed by atoms with Crippen molar-refractivity contribution in [3.8, 4) is 0 Å². The van der Waals surface area contributed by atoms with Crippen molar-refractivity contribution >= 4 is 17.6 Å². The number of nitrogens with zero attached hydrogens (tertiary/aromatic N) is 1. The molecule has 0 saturated heterocycles. The number of rotatable bonds is 8. The fraction of sp³-hybridized carbons (Fsp3) is 0.389. The van der Waals surface area contributed by atoms with Crippen LogP contribution in [0.2, 0.25) is 5.02 Å². The Morgan fingerprint density at radius 3 is 2.80 bits per heavy atom. The van der Waals surface area contributed by atoms with E-state index in [1.807, 2.05) is 12.1 Å². The Labute approximate surface area is 151 Å². The lowest BCUT2D eigenvalue weighted by Gasteiger charge is -2.14. The third-order valence-corrected chi connectivity index (χ3v) is 3.84. The number of hydrogen-bond acceptors (Lipinski definition) is 3. The molecule has 0 bridgehead atoms. The van der Waals surface area contributed by atoms with Gasteiger partial charge in [-0.1, -0.05) is 24.6 Å². The Morgan fingerprint density at radius 2 is 2.12 bits per heavy atom. The van der Waals surface area contributed by atoms with Gasteiger partial charge in [0.2, 0.25) is 0 Å². The molecule has 25 heavy (non-hydrogen) atoms. The van der Waals surface area contributed by atoms with E-state index in [-0.39, 0.29) is 11.6 Å². The van der Waals surface area contributed by atoms with Crippen molar-refractivity contribution in [2.45, 2.75) is 25.9 Å². The molecular weight excluding hydrogens is 345 g/mol. The molecule has 0 radical (unpaired) electrons. The Morgan fingerprint density at radius 1 is 1.32 bits per heavy atom. The van der Waals surface area contributed by atoms with Crippen molar-refractivity contribution in [2.75, 3.05) is 19.6 Å². The van der Waals surface area contributed by atoms with E-state index in [0.29, 0.717) is 18.1 Å². The summed E-state index contributed by atoms with van der Waals surface area (Å²) in [5.74, 6) is 0.934. The molecule has 0 saturated carbocycles. The van der Waals surface area contributed by atoms with Crippen LogP contribution in [-0.4, -0.2) is 30.7 Å². The highest BCUT2D eigenvalue weighted by atomic mass is 35.5. The molecule has 3 N–H and O–H groups in total. The fourth-order valence-corrected chi connectivity index (χ4v) is 2.30.